The standard InChI is InChI=1S/C23H26N2O2/c1-4-27-23(26)16-9-11-17(12-10-16)24-20-7-5-6-18-19-14-15(2)8-13-21(19)25(3)22(18)20/h8-14,20,24H,4-7H2,1-3H3/t20-/m1/s1. The molecular formula is C23H26N2O2. The highest BCUT2D eigenvalue weighted by atomic mass is 16.5. The lowest BCUT2D eigenvalue weighted by atomic mass is 9.91. The van der Waals surface area contributed by atoms with E-state index in [-0.39, 0.29) is 12.0 Å². The number of rotatable bonds is 4. The normalized spacial score (nSPS) is 16.2. The zero-order valence-electron chi connectivity index (χ0n) is 16.2. The molecular weight excluding hydrogens is 336 g/mol. The molecule has 1 aromatic heterocycles. The number of nitrogens with zero attached hydrogens (tertiary/aromatic N) is 1. The molecule has 1 aliphatic carbocycles. The topological polar surface area (TPSA) is 43.3 Å². The zero-order valence-corrected chi connectivity index (χ0v) is 16.2. The lowest BCUT2D eigenvalue weighted by Gasteiger charge is -2.26. The summed E-state index contributed by atoms with van der Waals surface area (Å²) in [7, 11) is 2.17. The van der Waals surface area contributed by atoms with Gasteiger partial charge in [0, 0.05) is 29.3 Å². The molecule has 4 rings (SSSR count). The molecule has 0 fully saturated rings. The number of anilines is 1. The van der Waals surface area contributed by atoms with E-state index in [1.54, 1.807) is 0 Å². The van der Waals surface area contributed by atoms with Crippen LogP contribution in [0.1, 0.15) is 53.0 Å². The average Bonchev–Trinajstić information content (AvgIpc) is 2.95. The molecule has 0 unspecified atom stereocenters. The Bertz CT molecular complexity index is 986. The summed E-state index contributed by atoms with van der Waals surface area (Å²) in [5, 5.41) is 5.06. The number of benzene rings is 2. The summed E-state index contributed by atoms with van der Waals surface area (Å²) in [6.45, 7) is 4.37. The van der Waals surface area contributed by atoms with Crippen LogP contribution < -0.4 is 5.32 Å². The van der Waals surface area contributed by atoms with E-state index < -0.39 is 0 Å². The van der Waals surface area contributed by atoms with E-state index in [1.165, 1.54) is 34.1 Å². The third-order valence-electron chi connectivity index (χ3n) is 5.50. The van der Waals surface area contributed by atoms with Crippen molar-refractivity contribution in [2.24, 2.45) is 7.05 Å². The Hall–Kier alpha value is -2.75. The van der Waals surface area contributed by atoms with E-state index in [2.05, 4.69) is 42.1 Å². The van der Waals surface area contributed by atoms with Crippen molar-refractivity contribution < 1.29 is 9.53 Å². The highest BCUT2D eigenvalue weighted by Gasteiger charge is 2.26. The maximum atomic E-state index is 11.8. The van der Waals surface area contributed by atoms with Crippen LogP contribution in [-0.2, 0) is 18.2 Å². The number of nitrogens with one attached hydrogen (secondary N) is 1. The van der Waals surface area contributed by atoms with Crippen molar-refractivity contribution in [3.05, 3.63) is 64.8 Å². The fraction of sp³-hybridized carbons (Fsp3) is 0.348. The molecule has 2 aromatic carbocycles. The molecule has 0 saturated carbocycles. The van der Waals surface area contributed by atoms with E-state index >= 15 is 0 Å². The van der Waals surface area contributed by atoms with Crippen molar-refractivity contribution in [1.82, 2.24) is 4.57 Å². The van der Waals surface area contributed by atoms with Gasteiger partial charge in [-0.25, -0.2) is 4.79 Å². The second kappa shape index (κ2) is 7.10. The van der Waals surface area contributed by atoms with Crippen LogP contribution in [0.2, 0.25) is 0 Å². The second-order valence-electron chi connectivity index (χ2n) is 7.33. The van der Waals surface area contributed by atoms with Gasteiger partial charge in [-0.3, -0.25) is 0 Å². The minimum absolute atomic E-state index is 0.270. The molecule has 0 aliphatic heterocycles. The largest absolute Gasteiger partial charge is 0.462 e. The molecule has 4 heteroatoms. The zero-order chi connectivity index (χ0) is 19.0. The smallest absolute Gasteiger partial charge is 0.338 e. The maximum Gasteiger partial charge on any atom is 0.338 e. The number of hydrogen-bond acceptors (Lipinski definition) is 3. The fourth-order valence-corrected chi connectivity index (χ4v) is 4.24. The number of fused-ring (bicyclic) bond motifs is 3. The van der Waals surface area contributed by atoms with Gasteiger partial charge in [0.05, 0.1) is 18.2 Å². The average molecular weight is 362 g/mol. The van der Waals surface area contributed by atoms with Crippen LogP contribution in [0.25, 0.3) is 10.9 Å². The molecule has 0 radical (unpaired) electrons. The summed E-state index contributed by atoms with van der Waals surface area (Å²) in [6.07, 6.45) is 3.42. The Morgan fingerprint density at radius 3 is 2.74 bits per heavy atom. The number of carbonyl (C=O) groups excluding carboxylic acids is 1. The molecule has 0 bridgehead atoms. The fourth-order valence-electron chi connectivity index (χ4n) is 4.24. The van der Waals surface area contributed by atoms with E-state index in [9.17, 15) is 4.79 Å². The Labute approximate surface area is 160 Å². The van der Waals surface area contributed by atoms with Crippen molar-refractivity contribution >= 4 is 22.6 Å². The summed E-state index contributed by atoms with van der Waals surface area (Å²) in [5.41, 5.74) is 7.09. The van der Waals surface area contributed by atoms with Crippen molar-refractivity contribution in [2.45, 2.75) is 39.2 Å². The molecule has 3 aromatic rings. The highest BCUT2D eigenvalue weighted by Crippen LogP contribution is 2.38. The van der Waals surface area contributed by atoms with Crippen molar-refractivity contribution in [2.75, 3.05) is 11.9 Å². The van der Waals surface area contributed by atoms with Gasteiger partial charge in [-0.1, -0.05) is 11.6 Å². The number of aromatic nitrogens is 1. The minimum atomic E-state index is -0.270. The van der Waals surface area contributed by atoms with Crippen LogP contribution in [0.4, 0.5) is 5.69 Å². The van der Waals surface area contributed by atoms with Crippen molar-refractivity contribution in [3.63, 3.8) is 0 Å². The van der Waals surface area contributed by atoms with Crippen LogP contribution in [-0.4, -0.2) is 17.1 Å². The highest BCUT2D eigenvalue weighted by molar-refractivity contribution is 5.90. The molecule has 0 amide bonds. The molecule has 4 nitrogen and oxygen atoms in total. The lowest BCUT2D eigenvalue weighted by molar-refractivity contribution is 0.0526. The Kier molecular flexibility index (Phi) is 4.65. The SMILES string of the molecule is CCOC(=O)c1ccc(N[C@@H]2CCCc3c2n(C)c2ccc(C)cc32)cc1. The van der Waals surface area contributed by atoms with Gasteiger partial charge in [0.2, 0.25) is 0 Å². The summed E-state index contributed by atoms with van der Waals surface area (Å²) in [5.74, 6) is -0.270. The van der Waals surface area contributed by atoms with Crippen LogP contribution >= 0.6 is 0 Å². The molecule has 0 saturated heterocycles. The van der Waals surface area contributed by atoms with Gasteiger partial charge in [0.25, 0.3) is 0 Å². The maximum absolute atomic E-state index is 11.8. The summed E-state index contributed by atoms with van der Waals surface area (Å²) < 4.78 is 7.40. The molecule has 1 atom stereocenters. The van der Waals surface area contributed by atoms with E-state index in [1.807, 2.05) is 31.2 Å². The first-order chi connectivity index (χ1) is 13.1. The Morgan fingerprint density at radius 2 is 2.00 bits per heavy atom. The second-order valence-corrected chi connectivity index (χ2v) is 7.33. The Balaban J connectivity index is 1.64. The monoisotopic (exact) mass is 362 g/mol. The van der Waals surface area contributed by atoms with E-state index in [0.717, 1.165) is 18.5 Å². The van der Waals surface area contributed by atoms with Crippen LogP contribution in [0.3, 0.4) is 0 Å². The van der Waals surface area contributed by atoms with Crippen molar-refractivity contribution in [3.8, 4) is 0 Å². The number of carbonyl (C=O) groups is 1. The molecule has 1 heterocycles. The van der Waals surface area contributed by atoms with Gasteiger partial charge >= 0.3 is 5.97 Å². The molecule has 140 valence electrons. The Morgan fingerprint density at radius 1 is 1.22 bits per heavy atom. The first-order valence-corrected chi connectivity index (χ1v) is 9.70. The predicted molar refractivity (Wildman–Crippen MR) is 109 cm³/mol. The first-order valence-electron chi connectivity index (χ1n) is 9.70. The van der Waals surface area contributed by atoms with Gasteiger partial charge in [0.15, 0.2) is 0 Å². The lowest BCUT2D eigenvalue weighted by Crippen LogP contribution is -2.19. The molecule has 27 heavy (non-hydrogen) atoms. The van der Waals surface area contributed by atoms with Crippen LogP contribution in [0.15, 0.2) is 42.5 Å². The number of hydrogen-bond donors (Lipinski definition) is 1. The van der Waals surface area contributed by atoms with Gasteiger partial charge in [-0.15, -0.1) is 0 Å². The number of aryl methyl sites for hydroxylation is 3. The quantitative estimate of drug-likeness (QED) is 0.653. The molecule has 0 spiro atoms. The summed E-state index contributed by atoms with van der Waals surface area (Å²) >= 11 is 0. The predicted octanol–water partition coefficient (Wildman–Crippen LogP) is 5.15. The third kappa shape index (κ3) is 3.20. The van der Waals surface area contributed by atoms with Gasteiger partial charge in [-0.2, -0.15) is 0 Å². The summed E-state index contributed by atoms with van der Waals surface area (Å²) in [4.78, 5) is 11.8. The van der Waals surface area contributed by atoms with E-state index in [0.29, 0.717) is 12.2 Å². The van der Waals surface area contributed by atoms with Gasteiger partial charge in [0.1, 0.15) is 0 Å². The van der Waals surface area contributed by atoms with Crippen LogP contribution in [0, 0.1) is 6.92 Å². The van der Waals surface area contributed by atoms with E-state index in [4.69, 9.17) is 4.74 Å². The third-order valence-corrected chi connectivity index (χ3v) is 5.50. The minimum Gasteiger partial charge on any atom is -0.462 e. The van der Waals surface area contributed by atoms with Gasteiger partial charge < -0.3 is 14.6 Å². The molecule has 1 aliphatic rings. The van der Waals surface area contributed by atoms with Gasteiger partial charge in [-0.05, 0) is 75.1 Å². The molecule has 1 N–H and O–H groups in total. The van der Waals surface area contributed by atoms with Crippen molar-refractivity contribution in [1.29, 1.82) is 0 Å². The first kappa shape index (κ1) is 17.7. The number of ether oxygens (including phenoxy) is 1. The van der Waals surface area contributed by atoms with Crippen LogP contribution in [0.5, 0.6) is 0 Å². The summed E-state index contributed by atoms with van der Waals surface area (Å²) in [6, 6.07) is 14.6. The number of esters is 1.